The summed E-state index contributed by atoms with van der Waals surface area (Å²) in [5.74, 6) is 1.14. The molecule has 0 aliphatic heterocycles. The number of carbonyl (C=O) groups excluding carboxylic acids is 2. The Labute approximate surface area is 164 Å². The van der Waals surface area contributed by atoms with Crippen LogP contribution in [0.3, 0.4) is 0 Å². The Hall–Kier alpha value is -2.62. The molecule has 28 heavy (non-hydrogen) atoms. The van der Waals surface area contributed by atoms with E-state index in [9.17, 15) is 14.7 Å². The zero-order chi connectivity index (χ0) is 19.3. The van der Waals surface area contributed by atoms with Crippen LogP contribution in [0.15, 0.2) is 48.5 Å². The molecule has 2 aromatic rings. The predicted octanol–water partition coefficient (Wildman–Crippen LogP) is 4.86. The summed E-state index contributed by atoms with van der Waals surface area (Å²) in [4.78, 5) is 24.8. The van der Waals surface area contributed by atoms with E-state index in [2.05, 4.69) is 0 Å². The zero-order valence-corrected chi connectivity index (χ0v) is 15.8. The lowest BCUT2D eigenvalue weighted by Crippen LogP contribution is -2.48. The van der Waals surface area contributed by atoms with E-state index >= 15 is 0 Å². The second-order valence-electron chi connectivity index (χ2n) is 8.97. The largest absolute Gasteiger partial charge is 0.508 e. The average molecular weight is 376 g/mol. The molecular formula is C24H24O4. The van der Waals surface area contributed by atoms with E-state index in [0.29, 0.717) is 11.1 Å². The number of rotatable bonds is 3. The van der Waals surface area contributed by atoms with Crippen molar-refractivity contribution in [2.45, 2.75) is 43.9 Å². The maximum atomic E-state index is 12.6. The van der Waals surface area contributed by atoms with Crippen molar-refractivity contribution in [3.8, 4) is 5.75 Å². The normalized spacial score (nSPS) is 30.2. The molecule has 4 aliphatic rings. The SMILES string of the molecule is O=C(OC(=O)c1ccc(O)c(C23CC4CC(CC(C4)C2)C3)c1)c1ccccc1. The molecule has 1 N–H and O–H groups in total. The molecule has 0 saturated heterocycles. The molecule has 4 aliphatic carbocycles. The molecule has 4 fully saturated rings. The van der Waals surface area contributed by atoms with Gasteiger partial charge in [-0.2, -0.15) is 0 Å². The summed E-state index contributed by atoms with van der Waals surface area (Å²) in [6.07, 6.45) is 7.21. The van der Waals surface area contributed by atoms with Crippen LogP contribution in [0.5, 0.6) is 5.75 Å². The Balaban J connectivity index is 1.42. The topological polar surface area (TPSA) is 63.6 Å². The van der Waals surface area contributed by atoms with Crippen molar-refractivity contribution in [3.63, 3.8) is 0 Å². The molecule has 6 rings (SSSR count). The minimum atomic E-state index is -0.667. The molecular weight excluding hydrogens is 352 g/mol. The van der Waals surface area contributed by atoms with Gasteiger partial charge in [0.2, 0.25) is 0 Å². The number of phenolic OH excluding ortho intramolecular Hbond substituents is 1. The van der Waals surface area contributed by atoms with Crippen molar-refractivity contribution in [2.24, 2.45) is 17.8 Å². The van der Waals surface area contributed by atoms with Crippen LogP contribution in [0.25, 0.3) is 0 Å². The smallest absolute Gasteiger partial charge is 0.346 e. The van der Waals surface area contributed by atoms with Gasteiger partial charge in [0, 0.05) is 5.56 Å². The first-order valence-corrected chi connectivity index (χ1v) is 10.2. The number of hydrogen-bond acceptors (Lipinski definition) is 4. The Morgan fingerprint density at radius 1 is 0.821 bits per heavy atom. The molecule has 0 amide bonds. The summed E-state index contributed by atoms with van der Waals surface area (Å²) in [6.45, 7) is 0. The maximum absolute atomic E-state index is 12.6. The van der Waals surface area contributed by atoms with Crippen LogP contribution in [0.2, 0.25) is 0 Å². The molecule has 0 heterocycles. The Kier molecular flexibility index (Phi) is 4.04. The summed E-state index contributed by atoms with van der Waals surface area (Å²) in [5.41, 5.74) is 1.51. The third-order valence-electron chi connectivity index (χ3n) is 7.04. The van der Waals surface area contributed by atoms with Crippen LogP contribution >= 0.6 is 0 Å². The molecule has 144 valence electrons. The van der Waals surface area contributed by atoms with Gasteiger partial charge in [0.25, 0.3) is 0 Å². The zero-order valence-electron chi connectivity index (χ0n) is 15.8. The first-order chi connectivity index (χ1) is 13.5. The summed E-state index contributed by atoms with van der Waals surface area (Å²) in [5, 5.41) is 10.6. The average Bonchev–Trinajstić information content (AvgIpc) is 2.67. The van der Waals surface area contributed by atoms with Crippen molar-refractivity contribution in [2.75, 3.05) is 0 Å². The van der Waals surface area contributed by atoms with Gasteiger partial charge in [-0.15, -0.1) is 0 Å². The van der Waals surface area contributed by atoms with Gasteiger partial charge >= 0.3 is 11.9 Å². The van der Waals surface area contributed by atoms with Crippen molar-refractivity contribution in [1.82, 2.24) is 0 Å². The molecule has 0 atom stereocenters. The Morgan fingerprint density at radius 2 is 1.39 bits per heavy atom. The Bertz CT molecular complexity index is 896. The molecule has 2 aromatic carbocycles. The van der Waals surface area contributed by atoms with Crippen LogP contribution < -0.4 is 0 Å². The van der Waals surface area contributed by atoms with Crippen LogP contribution in [0.1, 0.15) is 64.8 Å². The van der Waals surface area contributed by atoms with E-state index in [1.165, 1.54) is 19.3 Å². The van der Waals surface area contributed by atoms with Crippen LogP contribution in [-0.2, 0) is 10.2 Å². The number of benzene rings is 2. The maximum Gasteiger partial charge on any atom is 0.346 e. The van der Waals surface area contributed by atoms with E-state index in [-0.39, 0.29) is 11.2 Å². The molecule has 4 saturated carbocycles. The highest BCUT2D eigenvalue weighted by molar-refractivity contribution is 6.02. The van der Waals surface area contributed by atoms with E-state index in [4.69, 9.17) is 4.74 Å². The predicted molar refractivity (Wildman–Crippen MR) is 104 cm³/mol. The number of esters is 2. The van der Waals surface area contributed by atoms with Crippen LogP contribution in [0.4, 0.5) is 0 Å². The summed E-state index contributed by atoms with van der Waals surface area (Å²) in [6, 6.07) is 13.4. The lowest BCUT2D eigenvalue weighted by molar-refractivity contribution is -0.00616. The first kappa shape index (κ1) is 17.5. The van der Waals surface area contributed by atoms with Crippen molar-refractivity contribution < 1.29 is 19.4 Å². The number of ether oxygens (including phenoxy) is 1. The molecule has 0 spiro atoms. The van der Waals surface area contributed by atoms with Crippen LogP contribution in [0, 0.1) is 17.8 Å². The van der Waals surface area contributed by atoms with E-state index in [0.717, 1.165) is 42.6 Å². The quantitative estimate of drug-likeness (QED) is 0.614. The van der Waals surface area contributed by atoms with Gasteiger partial charge in [0.1, 0.15) is 5.75 Å². The van der Waals surface area contributed by atoms with Crippen molar-refractivity contribution in [3.05, 3.63) is 65.2 Å². The third kappa shape index (κ3) is 2.92. The fourth-order valence-electron chi connectivity index (χ4n) is 6.30. The van der Waals surface area contributed by atoms with Gasteiger partial charge in [-0.25, -0.2) is 9.59 Å². The molecule has 0 radical (unpaired) electrons. The summed E-state index contributed by atoms with van der Waals surface area (Å²) >= 11 is 0. The van der Waals surface area contributed by atoms with Crippen molar-refractivity contribution in [1.29, 1.82) is 0 Å². The first-order valence-electron chi connectivity index (χ1n) is 10.2. The van der Waals surface area contributed by atoms with Gasteiger partial charge in [-0.3, -0.25) is 0 Å². The minimum absolute atomic E-state index is 0.0292. The number of phenols is 1. The van der Waals surface area contributed by atoms with Crippen LogP contribution in [-0.4, -0.2) is 17.0 Å². The van der Waals surface area contributed by atoms with Gasteiger partial charge in [-0.1, -0.05) is 18.2 Å². The second-order valence-corrected chi connectivity index (χ2v) is 8.97. The Morgan fingerprint density at radius 3 is 2.00 bits per heavy atom. The highest BCUT2D eigenvalue weighted by atomic mass is 16.6. The third-order valence-corrected chi connectivity index (χ3v) is 7.04. The van der Waals surface area contributed by atoms with Gasteiger partial charge < -0.3 is 9.84 Å². The highest BCUT2D eigenvalue weighted by Crippen LogP contribution is 2.61. The van der Waals surface area contributed by atoms with E-state index in [1.807, 2.05) is 0 Å². The van der Waals surface area contributed by atoms with Crippen molar-refractivity contribution >= 4 is 11.9 Å². The van der Waals surface area contributed by atoms with Gasteiger partial charge in [0.15, 0.2) is 0 Å². The van der Waals surface area contributed by atoms with Gasteiger partial charge in [-0.05, 0) is 92.0 Å². The van der Waals surface area contributed by atoms with Gasteiger partial charge in [0.05, 0.1) is 11.1 Å². The standard InChI is InChI=1S/C24H24O4/c25-21-7-6-19(23(27)28-22(26)18-4-2-1-3-5-18)11-20(21)24-12-15-8-16(13-24)10-17(9-15)14-24/h1-7,11,15-17,25H,8-10,12-14H2. The monoisotopic (exact) mass is 376 g/mol. The number of carbonyl (C=O) groups is 2. The fraction of sp³-hybridized carbons (Fsp3) is 0.417. The van der Waals surface area contributed by atoms with E-state index < -0.39 is 11.9 Å². The molecule has 0 unspecified atom stereocenters. The lowest BCUT2D eigenvalue weighted by atomic mass is 9.48. The fourth-order valence-corrected chi connectivity index (χ4v) is 6.30. The van der Waals surface area contributed by atoms with E-state index in [1.54, 1.807) is 48.5 Å². The highest BCUT2D eigenvalue weighted by Gasteiger charge is 2.52. The molecule has 4 heteroatoms. The number of aromatic hydroxyl groups is 1. The molecule has 4 nitrogen and oxygen atoms in total. The minimum Gasteiger partial charge on any atom is -0.508 e. The lowest BCUT2D eigenvalue weighted by Gasteiger charge is -2.57. The number of hydrogen-bond donors (Lipinski definition) is 1. The molecule has 0 aromatic heterocycles. The molecule has 4 bridgehead atoms. The summed E-state index contributed by atoms with van der Waals surface area (Å²) in [7, 11) is 0. The second kappa shape index (κ2) is 6.47. The summed E-state index contributed by atoms with van der Waals surface area (Å²) < 4.78 is 5.08.